The molecule has 1 aliphatic heterocycles. The van der Waals surface area contributed by atoms with Crippen molar-refractivity contribution in [3.05, 3.63) is 15.6 Å². The van der Waals surface area contributed by atoms with Gasteiger partial charge in [-0.05, 0) is 18.8 Å². The summed E-state index contributed by atoms with van der Waals surface area (Å²) in [6.45, 7) is 3.64. The van der Waals surface area contributed by atoms with E-state index in [0.717, 1.165) is 49.6 Å². The van der Waals surface area contributed by atoms with Crippen LogP contribution in [0.5, 0.6) is 0 Å². The van der Waals surface area contributed by atoms with Gasteiger partial charge in [0.15, 0.2) is 0 Å². The largest absolute Gasteiger partial charge is 0.477 e. The average molecular weight is 255 g/mol. The fourth-order valence-corrected chi connectivity index (χ4v) is 3.12. The highest BCUT2D eigenvalue weighted by molar-refractivity contribution is 7.13. The maximum absolute atomic E-state index is 11.1. The zero-order valence-corrected chi connectivity index (χ0v) is 10.8. The van der Waals surface area contributed by atoms with Gasteiger partial charge in [0.2, 0.25) is 0 Å². The third kappa shape index (κ3) is 3.04. The van der Waals surface area contributed by atoms with Gasteiger partial charge >= 0.3 is 5.97 Å². The molecule has 1 aromatic heterocycles. The van der Waals surface area contributed by atoms with Crippen molar-refractivity contribution in [3.63, 3.8) is 0 Å². The van der Waals surface area contributed by atoms with Crippen LogP contribution in [-0.2, 0) is 17.6 Å². The number of carboxylic acids is 1. The van der Waals surface area contributed by atoms with E-state index in [9.17, 15) is 4.79 Å². The van der Waals surface area contributed by atoms with Crippen LogP contribution in [0.1, 0.15) is 40.1 Å². The number of carbonyl (C=O) groups is 1. The second-order valence-corrected chi connectivity index (χ2v) is 5.46. The Labute approximate surface area is 105 Å². The van der Waals surface area contributed by atoms with Gasteiger partial charge in [-0.3, -0.25) is 0 Å². The molecular formula is C12H17NO3S. The summed E-state index contributed by atoms with van der Waals surface area (Å²) in [5, 5.41) is 10.1. The van der Waals surface area contributed by atoms with Crippen LogP contribution >= 0.6 is 11.3 Å². The molecule has 4 nitrogen and oxygen atoms in total. The van der Waals surface area contributed by atoms with E-state index in [0.29, 0.717) is 10.8 Å². The number of aryl methyl sites for hydroxylation is 1. The van der Waals surface area contributed by atoms with E-state index >= 15 is 0 Å². The van der Waals surface area contributed by atoms with E-state index < -0.39 is 5.97 Å². The highest BCUT2D eigenvalue weighted by Gasteiger charge is 2.21. The van der Waals surface area contributed by atoms with Crippen molar-refractivity contribution in [1.82, 2.24) is 4.98 Å². The topological polar surface area (TPSA) is 59.4 Å². The molecule has 0 spiro atoms. The molecule has 0 radical (unpaired) electrons. The molecule has 1 aromatic rings. The van der Waals surface area contributed by atoms with Crippen molar-refractivity contribution >= 4 is 17.3 Å². The number of hydrogen-bond donors (Lipinski definition) is 1. The maximum Gasteiger partial charge on any atom is 0.347 e. The van der Waals surface area contributed by atoms with Gasteiger partial charge in [0.05, 0.1) is 10.7 Å². The number of carboxylic acid groups (broad SMARTS) is 1. The first-order chi connectivity index (χ1) is 8.20. The number of aromatic nitrogens is 1. The van der Waals surface area contributed by atoms with Gasteiger partial charge in [-0.2, -0.15) is 0 Å². The van der Waals surface area contributed by atoms with Crippen LogP contribution in [0.4, 0.5) is 0 Å². The van der Waals surface area contributed by atoms with E-state index in [4.69, 9.17) is 9.84 Å². The van der Waals surface area contributed by atoms with Crippen molar-refractivity contribution in [1.29, 1.82) is 0 Å². The second-order valence-electron chi connectivity index (χ2n) is 4.37. The minimum absolute atomic E-state index is 0.417. The first-order valence-corrected chi connectivity index (χ1v) is 6.82. The van der Waals surface area contributed by atoms with Crippen LogP contribution in [-0.4, -0.2) is 29.3 Å². The summed E-state index contributed by atoms with van der Waals surface area (Å²) >= 11 is 1.33. The van der Waals surface area contributed by atoms with Gasteiger partial charge in [0.1, 0.15) is 4.88 Å². The smallest absolute Gasteiger partial charge is 0.347 e. The lowest BCUT2D eigenvalue weighted by atomic mass is 10.1. The Bertz CT molecular complexity index is 396. The highest BCUT2D eigenvalue weighted by Crippen LogP contribution is 2.25. The number of ether oxygens (including phenoxy) is 1. The lowest BCUT2D eigenvalue weighted by Gasteiger charge is -2.02. The molecule has 94 valence electrons. The first kappa shape index (κ1) is 12.5. The van der Waals surface area contributed by atoms with E-state index in [1.54, 1.807) is 0 Å². The lowest BCUT2D eigenvalue weighted by Crippen LogP contribution is -2.03. The Morgan fingerprint density at radius 1 is 1.65 bits per heavy atom. The SMILES string of the molecule is CCCc1nc(CC2CCOC2)sc1C(=O)O. The zero-order valence-electron chi connectivity index (χ0n) is 9.94. The fourth-order valence-electron chi connectivity index (χ4n) is 2.05. The Morgan fingerprint density at radius 2 is 2.47 bits per heavy atom. The minimum Gasteiger partial charge on any atom is -0.477 e. The average Bonchev–Trinajstić information content (AvgIpc) is 2.89. The molecule has 0 amide bonds. The summed E-state index contributed by atoms with van der Waals surface area (Å²) in [6.07, 6.45) is 3.59. The predicted octanol–water partition coefficient (Wildman–Crippen LogP) is 2.37. The fraction of sp³-hybridized carbons (Fsp3) is 0.667. The number of thiazole rings is 1. The molecule has 1 atom stereocenters. The Hall–Kier alpha value is -0.940. The van der Waals surface area contributed by atoms with Crippen LogP contribution in [0.15, 0.2) is 0 Å². The number of nitrogens with zero attached hydrogens (tertiary/aromatic N) is 1. The van der Waals surface area contributed by atoms with Crippen molar-refractivity contribution < 1.29 is 14.6 Å². The van der Waals surface area contributed by atoms with Crippen LogP contribution < -0.4 is 0 Å². The monoisotopic (exact) mass is 255 g/mol. The summed E-state index contributed by atoms with van der Waals surface area (Å²) in [6, 6.07) is 0. The summed E-state index contributed by atoms with van der Waals surface area (Å²) in [5.74, 6) is -0.336. The molecule has 17 heavy (non-hydrogen) atoms. The summed E-state index contributed by atoms with van der Waals surface area (Å²) < 4.78 is 5.32. The van der Waals surface area contributed by atoms with Gasteiger partial charge in [0.25, 0.3) is 0 Å². The van der Waals surface area contributed by atoms with Crippen LogP contribution in [0.2, 0.25) is 0 Å². The third-order valence-corrected chi connectivity index (χ3v) is 4.02. The summed E-state index contributed by atoms with van der Waals surface area (Å²) in [4.78, 5) is 16.0. The molecule has 0 aromatic carbocycles. The Morgan fingerprint density at radius 3 is 3.06 bits per heavy atom. The summed E-state index contributed by atoms with van der Waals surface area (Å²) in [5.41, 5.74) is 0.749. The van der Waals surface area contributed by atoms with Gasteiger partial charge in [-0.25, -0.2) is 9.78 Å². The Balaban J connectivity index is 2.11. The molecule has 1 N–H and O–H groups in total. The standard InChI is InChI=1S/C12H17NO3S/c1-2-3-9-11(12(14)15)17-10(13-9)6-8-4-5-16-7-8/h8H,2-7H2,1H3,(H,14,15). The molecule has 0 aliphatic carbocycles. The maximum atomic E-state index is 11.1. The van der Waals surface area contributed by atoms with Crippen molar-refractivity contribution in [2.45, 2.75) is 32.6 Å². The van der Waals surface area contributed by atoms with E-state index in [2.05, 4.69) is 4.98 Å². The molecule has 1 fully saturated rings. The van der Waals surface area contributed by atoms with Crippen molar-refractivity contribution in [2.75, 3.05) is 13.2 Å². The third-order valence-electron chi connectivity index (χ3n) is 2.91. The van der Waals surface area contributed by atoms with E-state index in [-0.39, 0.29) is 0 Å². The second kappa shape index (κ2) is 5.60. The molecule has 2 heterocycles. The van der Waals surface area contributed by atoms with Crippen LogP contribution in [0, 0.1) is 5.92 Å². The normalized spacial score (nSPS) is 19.7. The molecule has 0 saturated carbocycles. The molecular weight excluding hydrogens is 238 g/mol. The van der Waals surface area contributed by atoms with E-state index in [1.807, 2.05) is 6.92 Å². The quantitative estimate of drug-likeness (QED) is 0.877. The number of rotatable bonds is 5. The molecule has 2 rings (SSSR count). The van der Waals surface area contributed by atoms with E-state index in [1.165, 1.54) is 11.3 Å². The molecule has 5 heteroatoms. The Kier molecular flexibility index (Phi) is 4.12. The van der Waals surface area contributed by atoms with Gasteiger partial charge in [-0.15, -0.1) is 11.3 Å². The summed E-state index contributed by atoms with van der Waals surface area (Å²) in [7, 11) is 0. The first-order valence-electron chi connectivity index (χ1n) is 6.00. The van der Waals surface area contributed by atoms with Gasteiger partial charge in [0, 0.05) is 19.6 Å². The van der Waals surface area contributed by atoms with Crippen molar-refractivity contribution in [3.8, 4) is 0 Å². The predicted molar refractivity (Wildman–Crippen MR) is 65.7 cm³/mol. The lowest BCUT2D eigenvalue weighted by molar-refractivity contribution is 0.0700. The van der Waals surface area contributed by atoms with Crippen LogP contribution in [0.3, 0.4) is 0 Å². The van der Waals surface area contributed by atoms with Crippen molar-refractivity contribution in [2.24, 2.45) is 5.92 Å². The molecule has 0 bridgehead atoms. The number of hydrogen-bond acceptors (Lipinski definition) is 4. The molecule has 1 unspecified atom stereocenters. The molecule has 1 saturated heterocycles. The van der Waals surface area contributed by atoms with Gasteiger partial charge in [-0.1, -0.05) is 13.3 Å². The van der Waals surface area contributed by atoms with Crippen LogP contribution in [0.25, 0.3) is 0 Å². The zero-order chi connectivity index (χ0) is 12.3. The van der Waals surface area contributed by atoms with Gasteiger partial charge < -0.3 is 9.84 Å². The molecule has 1 aliphatic rings. The number of aromatic carboxylic acids is 1. The highest BCUT2D eigenvalue weighted by atomic mass is 32.1. The minimum atomic E-state index is -0.847.